The largest absolute Gasteiger partial charge is 0.496 e. The van der Waals surface area contributed by atoms with Gasteiger partial charge in [-0.3, -0.25) is 0 Å². The van der Waals surface area contributed by atoms with Crippen LogP contribution in [0.1, 0.15) is 29.5 Å². The molecule has 0 fully saturated rings. The summed E-state index contributed by atoms with van der Waals surface area (Å²) in [5, 5.41) is 0. The van der Waals surface area contributed by atoms with Crippen LogP contribution in [0.15, 0.2) is 47.4 Å². The monoisotopic (exact) mass is 359 g/mol. The zero-order valence-electron chi connectivity index (χ0n) is 14.9. The van der Waals surface area contributed by atoms with E-state index in [0.717, 1.165) is 30.6 Å². The molecule has 0 aliphatic heterocycles. The van der Waals surface area contributed by atoms with Crippen LogP contribution in [0.4, 0.5) is 0 Å². The molecule has 2 aromatic carbocycles. The maximum absolute atomic E-state index is 12.9. The maximum atomic E-state index is 12.9. The SMILES string of the molecule is COc1ccccc1CCN(C)S(=O)(=O)c1ccc2c(c1)CCCC2. The summed E-state index contributed by atoms with van der Waals surface area (Å²) in [6.45, 7) is 0.416. The van der Waals surface area contributed by atoms with Crippen LogP contribution in [0.5, 0.6) is 5.75 Å². The van der Waals surface area contributed by atoms with Crippen molar-refractivity contribution in [1.82, 2.24) is 4.31 Å². The number of hydrogen-bond donors (Lipinski definition) is 0. The number of rotatable bonds is 6. The standard InChI is InChI=1S/C20H25NO3S/c1-21(14-13-17-8-5-6-10-20(17)24-2)25(22,23)19-12-11-16-7-3-4-9-18(16)15-19/h5-6,8,10-12,15H,3-4,7,9,13-14H2,1-2H3. The Morgan fingerprint density at radius 1 is 1.04 bits per heavy atom. The number of aryl methyl sites for hydroxylation is 2. The van der Waals surface area contributed by atoms with E-state index in [4.69, 9.17) is 4.74 Å². The van der Waals surface area contributed by atoms with Gasteiger partial charge in [-0.2, -0.15) is 0 Å². The molecule has 2 aromatic rings. The predicted molar refractivity (Wildman–Crippen MR) is 99.6 cm³/mol. The van der Waals surface area contributed by atoms with Crippen LogP contribution in [0, 0.1) is 0 Å². The number of fused-ring (bicyclic) bond motifs is 1. The van der Waals surface area contributed by atoms with E-state index in [9.17, 15) is 8.42 Å². The Morgan fingerprint density at radius 3 is 2.52 bits per heavy atom. The second-order valence-corrected chi connectivity index (χ2v) is 8.57. The van der Waals surface area contributed by atoms with Gasteiger partial charge in [-0.1, -0.05) is 24.3 Å². The molecule has 0 N–H and O–H groups in total. The molecule has 4 nitrogen and oxygen atoms in total. The smallest absolute Gasteiger partial charge is 0.242 e. The average Bonchev–Trinajstić information content (AvgIpc) is 2.65. The highest BCUT2D eigenvalue weighted by Gasteiger charge is 2.22. The second kappa shape index (κ2) is 7.58. The van der Waals surface area contributed by atoms with Crippen LogP contribution in [0.25, 0.3) is 0 Å². The van der Waals surface area contributed by atoms with Gasteiger partial charge in [0.05, 0.1) is 12.0 Å². The molecule has 0 radical (unpaired) electrons. The summed E-state index contributed by atoms with van der Waals surface area (Å²) in [5.41, 5.74) is 3.49. The molecule has 1 aliphatic carbocycles. The van der Waals surface area contributed by atoms with Gasteiger partial charge in [0, 0.05) is 13.6 Å². The van der Waals surface area contributed by atoms with E-state index in [1.165, 1.54) is 21.9 Å². The summed E-state index contributed by atoms with van der Waals surface area (Å²) < 4.78 is 32.6. The highest BCUT2D eigenvalue weighted by molar-refractivity contribution is 7.89. The highest BCUT2D eigenvalue weighted by Crippen LogP contribution is 2.26. The summed E-state index contributed by atoms with van der Waals surface area (Å²) >= 11 is 0. The summed E-state index contributed by atoms with van der Waals surface area (Å²) in [7, 11) is -0.195. The van der Waals surface area contributed by atoms with Gasteiger partial charge in [-0.05, 0) is 67.0 Å². The zero-order chi connectivity index (χ0) is 17.9. The molecule has 0 bridgehead atoms. The molecule has 0 spiro atoms. The van der Waals surface area contributed by atoms with Crippen LogP contribution in [0.3, 0.4) is 0 Å². The number of benzene rings is 2. The molecule has 1 aliphatic rings. The van der Waals surface area contributed by atoms with E-state index in [2.05, 4.69) is 0 Å². The first-order valence-corrected chi connectivity index (χ1v) is 10.2. The Labute approximate surface area is 150 Å². The van der Waals surface area contributed by atoms with Gasteiger partial charge in [0.25, 0.3) is 0 Å². The molecule has 0 heterocycles. The van der Waals surface area contributed by atoms with Crippen molar-refractivity contribution in [3.8, 4) is 5.75 Å². The van der Waals surface area contributed by atoms with E-state index >= 15 is 0 Å². The van der Waals surface area contributed by atoms with Crippen molar-refractivity contribution in [2.75, 3.05) is 20.7 Å². The lowest BCUT2D eigenvalue weighted by atomic mass is 9.92. The number of methoxy groups -OCH3 is 1. The Morgan fingerprint density at radius 2 is 1.76 bits per heavy atom. The van der Waals surface area contributed by atoms with Crippen molar-refractivity contribution in [3.63, 3.8) is 0 Å². The van der Waals surface area contributed by atoms with Crippen LogP contribution in [-0.2, 0) is 29.3 Å². The normalized spacial score (nSPS) is 14.4. The third-order valence-electron chi connectivity index (χ3n) is 4.92. The van der Waals surface area contributed by atoms with Crippen LogP contribution in [-0.4, -0.2) is 33.4 Å². The first kappa shape index (κ1) is 18.0. The fourth-order valence-electron chi connectivity index (χ4n) is 3.36. The first-order valence-electron chi connectivity index (χ1n) is 8.72. The third kappa shape index (κ3) is 3.88. The molecule has 5 heteroatoms. The molecule has 0 saturated carbocycles. The number of sulfonamides is 1. The maximum Gasteiger partial charge on any atom is 0.242 e. The van der Waals surface area contributed by atoms with Gasteiger partial charge in [0.15, 0.2) is 0 Å². The number of nitrogens with zero attached hydrogens (tertiary/aromatic N) is 1. The topological polar surface area (TPSA) is 46.6 Å². The van der Waals surface area contributed by atoms with Gasteiger partial charge in [-0.15, -0.1) is 0 Å². The van der Waals surface area contributed by atoms with Gasteiger partial charge in [0.1, 0.15) is 5.75 Å². The number of para-hydroxylation sites is 1. The third-order valence-corrected chi connectivity index (χ3v) is 6.77. The minimum absolute atomic E-state index is 0.399. The molecule has 0 unspecified atom stereocenters. The molecular weight excluding hydrogens is 334 g/mol. The van der Waals surface area contributed by atoms with E-state index < -0.39 is 10.0 Å². The summed E-state index contributed by atoms with van der Waals surface area (Å²) in [6.07, 6.45) is 4.98. The Balaban J connectivity index is 1.75. The number of likely N-dealkylation sites (N-methyl/N-ethyl adjacent to an activating group) is 1. The van der Waals surface area contributed by atoms with Crippen molar-refractivity contribution >= 4 is 10.0 Å². The fraction of sp³-hybridized carbons (Fsp3) is 0.400. The molecule has 134 valence electrons. The first-order chi connectivity index (χ1) is 12.0. The average molecular weight is 359 g/mol. The fourth-order valence-corrected chi connectivity index (χ4v) is 4.58. The quantitative estimate of drug-likeness (QED) is 0.794. The van der Waals surface area contributed by atoms with Gasteiger partial charge in [-0.25, -0.2) is 12.7 Å². The molecular formula is C20H25NO3S. The highest BCUT2D eigenvalue weighted by atomic mass is 32.2. The molecule has 0 aromatic heterocycles. The lowest BCUT2D eigenvalue weighted by Gasteiger charge is -2.20. The minimum Gasteiger partial charge on any atom is -0.496 e. The van der Waals surface area contributed by atoms with Gasteiger partial charge >= 0.3 is 0 Å². The Kier molecular flexibility index (Phi) is 5.45. The van der Waals surface area contributed by atoms with E-state index in [-0.39, 0.29) is 0 Å². The minimum atomic E-state index is -3.47. The number of hydrogen-bond acceptors (Lipinski definition) is 3. The lowest BCUT2D eigenvalue weighted by molar-refractivity contribution is 0.406. The molecule has 0 amide bonds. The van der Waals surface area contributed by atoms with Crippen molar-refractivity contribution in [2.45, 2.75) is 37.0 Å². The lowest BCUT2D eigenvalue weighted by Crippen LogP contribution is -2.29. The van der Waals surface area contributed by atoms with Crippen LogP contribution >= 0.6 is 0 Å². The summed E-state index contributed by atoms with van der Waals surface area (Å²) in [5.74, 6) is 0.794. The second-order valence-electron chi connectivity index (χ2n) is 6.53. The van der Waals surface area contributed by atoms with E-state index in [1.54, 1.807) is 20.2 Å². The molecule has 0 atom stereocenters. The van der Waals surface area contributed by atoms with Gasteiger partial charge in [0.2, 0.25) is 10.0 Å². The zero-order valence-corrected chi connectivity index (χ0v) is 15.7. The van der Waals surface area contributed by atoms with Crippen molar-refractivity contribution < 1.29 is 13.2 Å². The molecule has 3 rings (SSSR count). The molecule has 25 heavy (non-hydrogen) atoms. The van der Waals surface area contributed by atoms with E-state index in [0.29, 0.717) is 17.9 Å². The van der Waals surface area contributed by atoms with Crippen molar-refractivity contribution in [1.29, 1.82) is 0 Å². The van der Waals surface area contributed by atoms with E-state index in [1.807, 2.05) is 36.4 Å². The van der Waals surface area contributed by atoms with Crippen LogP contribution in [0.2, 0.25) is 0 Å². The van der Waals surface area contributed by atoms with Crippen LogP contribution < -0.4 is 4.74 Å². The van der Waals surface area contributed by atoms with Crippen molar-refractivity contribution in [3.05, 3.63) is 59.2 Å². The van der Waals surface area contributed by atoms with Gasteiger partial charge < -0.3 is 4.74 Å². The Bertz CT molecular complexity index is 846. The molecule has 0 saturated heterocycles. The summed E-state index contributed by atoms with van der Waals surface area (Å²) in [4.78, 5) is 0.399. The summed E-state index contributed by atoms with van der Waals surface area (Å²) in [6, 6.07) is 13.3. The van der Waals surface area contributed by atoms with Crippen molar-refractivity contribution in [2.24, 2.45) is 0 Å². The number of ether oxygens (including phenoxy) is 1. The predicted octanol–water partition coefficient (Wildman–Crippen LogP) is 3.44. The Hall–Kier alpha value is -1.85.